The van der Waals surface area contributed by atoms with Gasteiger partial charge in [-0.2, -0.15) is 0 Å². The molecule has 3 heteroatoms. The van der Waals surface area contributed by atoms with Crippen molar-refractivity contribution >= 4 is 17.1 Å². The number of thiophene rings is 1. The average Bonchev–Trinajstić information content (AvgIpc) is 2.71. The summed E-state index contributed by atoms with van der Waals surface area (Å²) in [5, 5.41) is 1.95. The molecular formula is C11H15NOS. The van der Waals surface area contributed by atoms with E-state index in [0.717, 1.165) is 23.3 Å². The molecule has 2 nitrogen and oxygen atoms in total. The van der Waals surface area contributed by atoms with Gasteiger partial charge in [0.05, 0.1) is 4.88 Å². The van der Waals surface area contributed by atoms with E-state index in [9.17, 15) is 4.79 Å². The summed E-state index contributed by atoms with van der Waals surface area (Å²) in [6.45, 7) is 0. The van der Waals surface area contributed by atoms with E-state index in [1.54, 1.807) is 0 Å². The van der Waals surface area contributed by atoms with Crippen LogP contribution in [0.4, 0.5) is 0 Å². The highest BCUT2D eigenvalue weighted by atomic mass is 32.1. The lowest BCUT2D eigenvalue weighted by Gasteiger charge is -2.09. The summed E-state index contributed by atoms with van der Waals surface area (Å²) in [6.07, 6.45) is 6.55. The van der Waals surface area contributed by atoms with Crippen LogP contribution in [-0.2, 0) is 0 Å². The van der Waals surface area contributed by atoms with E-state index in [1.807, 2.05) is 17.5 Å². The fraction of sp³-hybridized carbons (Fsp3) is 0.364. The first kappa shape index (κ1) is 11.1. The van der Waals surface area contributed by atoms with Gasteiger partial charge in [0.2, 0.25) is 0 Å². The number of hydrogen-bond acceptors (Lipinski definition) is 3. The Morgan fingerprint density at radius 3 is 2.79 bits per heavy atom. The predicted molar refractivity (Wildman–Crippen MR) is 60.2 cm³/mol. The minimum Gasteiger partial charge on any atom is -0.344 e. The minimum absolute atomic E-state index is 0. The van der Waals surface area contributed by atoms with E-state index < -0.39 is 0 Å². The zero-order valence-electron chi connectivity index (χ0n) is 8.16. The van der Waals surface area contributed by atoms with Gasteiger partial charge in [-0.25, -0.2) is 0 Å². The van der Waals surface area contributed by atoms with Crippen molar-refractivity contribution in [3.63, 3.8) is 0 Å². The van der Waals surface area contributed by atoms with Gasteiger partial charge < -0.3 is 6.15 Å². The molecule has 1 heterocycles. The Hall–Kier alpha value is -0.930. The number of carbonyl (C=O) groups is 1. The molecular weight excluding hydrogens is 194 g/mol. The van der Waals surface area contributed by atoms with Crippen molar-refractivity contribution in [2.45, 2.75) is 25.7 Å². The molecule has 0 saturated carbocycles. The maximum absolute atomic E-state index is 11.8. The summed E-state index contributed by atoms with van der Waals surface area (Å²) in [7, 11) is 0. The van der Waals surface area contributed by atoms with Crippen molar-refractivity contribution in [2.75, 3.05) is 0 Å². The molecule has 1 aliphatic carbocycles. The molecule has 1 aromatic rings. The molecule has 76 valence electrons. The van der Waals surface area contributed by atoms with Gasteiger partial charge in [0, 0.05) is 0 Å². The van der Waals surface area contributed by atoms with Crippen molar-refractivity contribution in [2.24, 2.45) is 0 Å². The molecule has 1 aliphatic rings. The number of hydrogen-bond donors (Lipinski definition) is 1. The van der Waals surface area contributed by atoms with Gasteiger partial charge in [-0.05, 0) is 42.7 Å². The van der Waals surface area contributed by atoms with E-state index >= 15 is 0 Å². The maximum atomic E-state index is 11.8. The van der Waals surface area contributed by atoms with Crippen LogP contribution in [0, 0.1) is 0 Å². The molecule has 0 bridgehead atoms. The van der Waals surface area contributed by atoms with Gasteiger partial charge in [0.15, 0.2) is 5.78 Å². The lowest BCUT2D eigenvalue weighted by atomic mass is 9.96. The number of carbonyl (C=O) groups excluding carboxylic acids is 1. The second-order valence-corrected chi connectivity index (χ2v) is 4.23. The second-order valence-electron chi connectivity index (χ2n) is 3.28. The zero-order chi connectivity index (χ0) is 9.10. The number of Topliss-reactive ketones (excluding diaryl/α,β-unsaturated/α-hetero) is 1. The third-order valence-electron chi connectivity index (χ3n) is 2.33. The Morgan fingerprint density at radius 2 is 2.21 bits per heavy atom. The number of allylic oxidation sites excluding steroid dienone is 2. The summed E-state index contributed by atoms with van der Waals surface area (Å²) in [5.74, 6) is 0.245. The van der Waals surface area contributed by atoms with Gasteiger partial charge in [-0.15, -0.1) is 11.3 Å². The summed E-state index contributed by atoms with van der Waals surface area (Å²) in [4.78, 5) is 12.7. The molecule has 0 aliphatic heterocycles. The molecule has 0 saturated heterocycles. The topological polar surface area (TPSA) is 52.1 Å². The first-order valence-corrected chi connectivity index (χ1v) is 5.53. The van der Waals surface area contributed by atoms with Crippen LogP contribution >= 0.6 is 11.3 Å². The van der Waals surface area contributed by atoms with Crippen molar-refractivity contribution in [3.8, 4) is 0 Å². The van der Waals surface area contributed by atoms with Crippen LogP contribution in [0.5, 0.6) is 0 Å². The molecule has 0 radical (unpaired) electrons. The molecule has 0 unspecified atom stereocenters. The standard InChI is InChI=1S/C11H12OS.H3N/c12-11(10-7-4-8-13-10)9-5-2-1-3-6-9;/h4-5,7-8H,1-3,6H2;1H3. The molecule has 0 atom stereocenters. The molecule has 2 rings (SSSR count). The molecule has 0 amide bonds. The Balaban J connectivity index is 0.000000980. The van der Waals surface area contributed by atoms with Gasteiger partial charge in [0.25, 0.3) is 0 Å². The minimum atomic E-state index is 0. The van der Waals surface area contributed by atoms with E-state index in [2.05, 4.69) is 6.08 Å². The van der Waals surface area contributed by atoms with Crippen molar-refractivity contribution in [1.82, 2.24) is 6.15 Å². The van der Waals surface area contributed by atoms with E-state index in [-0.39, 0.29) is 11.9 Å². The highest BCUT2D eigenvalue weighted by Gasteiger charge is 2.14. The lowest BCUT2D eigenvalue weighted by molar-refractivity contribution is 0.103. The largest absolute Gasteiger partial charge is 0.344 e. The van der Waals surface area contributed by atoms with Gasteiger partial charge in [-0.3, -0.25) is 4.79 Å². The van der Waals surface area contributed by atoms with Crippen LogP contribution in [0.25, 0.3) is 0 Å². The Morgan fingerprint density at radius 1 is 1.36 bits per heavy atom. The molecule has 1 aromatic heterocycles. The van der Waals surface area contributed by atoms with Crippen LogP contribution < -0.4 is 6.15 Å². The zero-order valence-corrected chi connectivity index (χ0v) is 8.98. The molecule has 14 heavy (non-hydrogen) atoms. The highest BCUT2D eigenvalue weighted by molar-refractivity contribution is 7.12. The normalized spacial score (nSPS) is 15.6. The average molecular weight is 209 g/mol. The van der Waals surface area contributed by atoms with Gasteiger partial charge in [-0.1, -0.05) is 12.1 Å². The first-order chi connectivity index (χ1) is 6.38. The Bertz CT molecular complexity index is 327. The Labute approximate surface area is 88.2 Å². The predicted octanol–water partition coefficient (Wildman–Crippen LogP) is 3.59. The SMILES string of the molecule is N.O=C(C1=CCCCC1)c1cccs1. The number of rotatable bonds is 2. The smallest absolute Gasteiger partial charge is 0.198 e. The molecule has 0 aromatic carbocycles. The quantitative estimate of drug-likeness (QED) is 0.757. The van der Waals surface area contributed by atoms with Gasteiger partial charge in [0.1, 0.15) is 0 Å². The van der Waals surface area contributed by atoms with E-state index in [0.29, 0.717) is 0 Å². The third kappa shape index (κ3) is 2.30. The summed E-state index contributed by atoms with van der Waals surface area (Å²) in [6, 6.07) is 3.84. The second kappa shape index (κ2) is 5.08. The molecule has 0 fully saturated rings. The van der Waals surface area contributed by atoms with Crippen molar-refractivity contribution in [1.29, 1.82) is 0 Å². The summed E-state index contributed by atoms with van der Waals surface area (Å²) in [5.41, 5.74) is 1.02. The Kier molecular flexibility index (Phi) is 4.04. The maximum Gasteiger partial charge on any atom is 0.198 e. The first-order valence-electron chi connectivity index (χ1n) is 4.65. The lowest BCUT2D eigenvalue weighted by Crippen LogP contribution is -2.04. The highest BCUT2D eigenvalue weighted by Crippen LogP contribution is 2.22. The number of ketones is 1. The van der Waals surface area contributed by atoms with Crippen LogP contribution in [-0.4, -0.2) is 5.78 Å². The van der Waals surface area contributed by atoms with Crippen LogP contribution in [0.2, 0.25) is 0 Å². The third-order valence-corrected chi connectivity index (χ3v) is 3.20. The fourth-order valence-corrected chi connectivity index (χ4v) is 2.31. The molecule has 3 N–H and O–H groups in total. The van der Waals surface area contributed by atoms with Crippen molar-refractivity contribution < 1.29 is 4.79 Å². The van der Waals surface area contributed by atoms with Crippen LogP contribution in [0.15, 0.2) is 29.2 Å². The summed E-state index contributed by atoms with van der Waals surface area (Å²) < 4.78 is 0. The molecule has 0 spiro atoms. The van der Waals surface area contributed by atoms with E-state index in [1.165, 1.54) is 24.2 Å². The summed E-state index contributed by atoms with van der Waals surface area (Å²) >= 11 is 1.53. The van der Waals surface area contributed by atoms with E-state index in [4.69, 9.17) is 0 Å². The van der Waals surface area contributed by atoms with Gasteiger partial charge >= 0.3 is 0 Å². The van der Waals surface area contributed by atoms with Crippen LogP contribution in [0.3, 0.4) is 0 Å². The fourth-order valence-electron chi connectivity index (χ4n) is 1.61. The van der Waals surface area contributed by atoms with Crippen molar-refractivity contribution in [3.05, 3.63) is 34.0 Å². The monoisotopic (exact) mass is 209 g/mol. The van der Waals surface area contributed by atoms with Crippen LogP contribution in [0.1, 0.15) is 35.4 Å².